The number of benzene rings is 1. The van der Waals surface area contributed by atoms with Crippen molar-refractivity contribution in [3.05, 3.63) is 65.2 Å². The van der Waals surface area contributed by atoms with E-state index in [1.165, 1.54) is 0 Å². The van der Waals surface area contributed by atoms with E-state index < -0.39 is 23.6 Å². The molecule has 2 nitrogen and oxygen atoms in total. The molecule has 0 aliphatic rings. The van der Waals surface area contributed by atoms with Crippen LogP contribution in [-0.4, -0.2) is 12.0 Å². The van der Waals surface area contributed by atoms with Crippen LogP contribution in [0.3, 0.4) is 0 Å². The minimum absolute atomic E-state index is 0.103. The van der Waals surface area contributed by atoms with Crippen LogP contribution in [0.2, 0.25) is 0 Å². The molecule has 0 saturated carbocycles. The summed E-state index contributed by atoms with van der Waals surface area (Å²) in [6.45, 7) is 0. The van der Waals surface area contributed by atoms with Gasteiger partial charge in [0.1, 0.15) is 5.82 Å². The van der Waals surface area contributed by atoms with E-state index in [0.29, 0.717) is 0 Å². The van der Waals surface area contributed by atoms with Gasteiger partial charge < -0.3 is 5.32 Å². The lowest BCUT2D eigenvalue weighted by Gasteiger charge is -2.21. The lowest BCUT2D eigenvalue weighted by atomic mass is 9.95. The molecule has 112 valence electrons. The molecule has 0 spiro atoms. The van der Waals surface area contributed by atoms with Gasteiger partial charge in [0.15, 0.2) is 0 Å². The van der Waals surface area contributed by atoms with E-state index in [2.05, 4.69) is 10.3 Å². The highest BCUT2D eigenvalue weighted by Gasteiger charge is 2.35. The fourth-order valence-electron chi connectivity index (χ4n) is 2.20. The number of alkyl halides is 3. The Hall–Kier alpha value is -1.95. The van der Waals surface area contributed by atoms with E-state index in [9.17, 15) is 17.6 Å². The highest BCUT2D eigenvalue weighted by molar-refractivity contribution is 5.34. The van der Waals surface area contributed by atoms with Gasteiger partial charge in [-0.05, 0) is 48.9 Å². The van der Waals surface area contributed by atoms with Crippen LogP contribution in [0.5, 0.6) is 0 Å². The molecule has 0 radical (unpaired) electrons. The van der Waals surface area contributed by atoms with E-state index in [1.807, 2.05) is 0 Å². The van der Waals surface area contributed by atoms with Crippen LogP contribution >= 0.6 is 0 Å². The monoisotopic (exact) mass is 298 g/mol. The second kappa shape index (κ2) is 6.22. The van der Waals surface area contributed by atoms with Crippen LogP contribution in [0.1, 0.15) is 22.7 Å². The number of halogens is 4. The summed E-state index contributed by atoms with van der Waals surface area (Å²) >= 11 is 0. The van der Waals surface area contributed by atoms with Crippen molar-refractivity contribution in [2.75, 3.05) is 7.05 Å². The molecular formula is C15H14F4N2. The molecule has 1 aromatic heterocycles. The van der Waals surface area contributed by atoms with Gasteiger partial charge in [-0.25, -0.2) is 4.39 Å². The summed E-state index contributed by atoms with van der Waals surface area (Å²) < 4.78 is 52.5. The van der Waals surface area contributed by atoms with Gasteiger partial charge >= 0.3 is 6.18 Å². The number of nitrogens with one attached hydrogen (secondary N) is 1. The van der Waals surface area contributed by atoms with Gasteiger partial charge in [0.25, 0.3) is 0 Å². The van der Waals surface area contributed by atoms with Crippen molar-refractivity contribution in [2.24, 2.45) is 0 Å². The summed E-state index contributed by atoms with van der Waals surface area (Å²) in [5.41, 5.74) is -0.157. The van der Waals surface area contributed by atoms with Gasteiger partial charge in [0.2, 0.25) is 0 Å². The van der Waals surface area contributed by atoms with Gasteiger partial charge in [-0.15, -0.1) is 0 Å². The van der Waals surface area contributed by atoms with Crippen molar-refractivity contribution in [2.45, 2.75) is 18.6 Å². The first kappa shape index (κ1) is 15.4. The van der Waals surface area contributed by atoms with Crippen LogP contribution < -0.4 is 5.32 Å². The Balaban J connectivity index is 2.40. The number of hydrogen-bond donors (Lipinski definition) is 1. The van der Waals surface area contributed by atoms with E-state index in [-0.39, 0.29) is 12.0 Å². The summed E-state index contributed by atoms with van der Waals surface area (Å²) in [5.74, 6) is -0.690. The number of aromatic nitrogens is 1. The maximum atomic E-state index is 13.4. The smallest absolute Gasteiger partial charge is 0.313 e. The molecule has 21 heavy (non-hydrogen) atoms. The van der Waals surface area contributed by atoms with Gasteiger partial charge in [0.05, 0.1) is 5.56 Å². The van der Waals surface area contributed by atoms with Crippen molar-refractivity contribution < 1.29 is 17.6 Å². The number of pyridine rings is 1. The van der Waals surface area contributed by atoms with E-state index in [1.54, 1.807) is 31.6 Å². The number of hydrogen-bond acceptors (Lipinski definition) is 2. The Morgan fingerprint density at radius 3 is 2.57 bits per heavy atom. The largest absolute Gasteiger partial charge is 0.416 e. The summed E-state index contributed by atoms with van der Waals surface area (Å²) in [6, 6.07) is 5.35. The number of nitrogens with zero attached hydrogens (tertiary/aromatic N) is 1. The van der Waals surface area contributed by atoms with E-state index >= 15 is 0 Å². The molecule has 1 aromatic carbocycles. The van der Waals surface area contributed by atoms with Gasteiger partial charge in [-0.3, -0.25) is 4.98 Å². The van der Waals surface area contributed by atoms with Crippen LogP contribution in [-0.2, 0) is 12.6 Å². The minimum Gasteiger partial charge on any atom is -0.313 e. The molecule has 2 rings (SSSR count). The quantitative estimate of drug-likeness (QED) is 0.870. The molecule has 0 aliphatic carbocycles. The maximum absolute atomic E-state index is 13.4. The Morgan fingerprint density at radius 1 is 1.24 bits per heavy atom. The summed E-state index contributed by atoms with van der Waals surface area (Å²) in [7, 11) is 1.55. The van der Waals surface area contributed by atoms with Gasteiger partial charge in [0, 0.05) is 18.4 Å². The molecule has 6 heteroatoms. The van der Waals surface area contributed by atoms with E-state index in [4.69, 9.17) is 0 Å². The highest BCUT2D eigenvalue weighted by atomic mass is 19.4. The molecule has 0 amide bonds. The molecule has 0 bridgehead atoms. The summed E-state index contributed by atoms with van der Waals surface area (Å²) in [4.78, 5) is 3.93. The average Bonchev–Trinajstić information content (AvgIpc) is 2.44. The molecule has 1 heterocycles. The summed E-state index contributed by atoms with van der Waals surface area (Å²) in [5, 5.41) is 2.81. The molecule has 1 N–H and O–H groups in total. The Kier molecular flexibility index (Phi) is 4.57. The first-order chi connectivity index (χ1) is 9.91. The molecule has 2 aromatic rings. The second-order valence-electron chi connectivity index (χ2n) is 4.64. The van der Waals surface area contributed by atoms with Gasteiger partial charge in [-0.1, -0.05) is 6.07 Å². The topological polar surface area (TPSA) is 24.9 Å². The fourth-order valence-corrected chi connectivity index (χ4v) is 2.20. The third-order valence-electron chi connectivity index (χ3n) is 3.21. The molecule has 0 aliphatic heterocycles. The average molecular weight is 298 g/mol. The Bertz CT molecular complexity index is 596. The number of likely N-dealkylation sites (N-methyl/N-ethyl adjacent to an activating group) is 1. The zero-order chi connectivity index (χ0) is 15.5. The fraction of sp³-hybridized carbons (Fsp3) is 0.267. The van der Waals surface area contributed by atoms with Crippen LogP contribution in [0.15, 0.2) is 42.7 Å². The first-order valence-electron chi connectivity index (χ1n) is 6.34. The third-order valence-corrected chi connectivity index (χ3v) is 3.21. The summed E-state index contributed by atoms with van der Waals surface area (Å²) in [6.07, 6.45) is -1.07. The predicted octanol–water partition coefficient (Wildman–Crippen LogP) is 3.74. The first-order valence-corrected chi connectivity index (χ1v) is 6.34. The van der Waals surface area contributed by atoms with Crippen molar-refractivity contribution in [1.82, 2.24) is 10.3 Å². The normalized spacial score (nSPS) is 13.2. The van der Waals surface area contributed by atoms with Gasteiger partial charge in [-0.2, -0.15) is 13.2 Å². The van der Waals surface area contributed by atoms with Crippen LogP contribution in [0.25, 0.3) is 0 Å². The van der Waals surface area contributed by atoms with Crippen LogP contribution in [0.4, 0.5) is 17.6 Å². The second-order valence-corrected chi connectivity index (χ2v) is 4.64. The molecule has 0 saturated heterocycles. The number of rotatable bonds is 4. The minimum atomic E-state index is -4.52. The maximum Gasteiger partial charge on any atom is 0.416 e. The SMILES string of the molecule is CNC(Cc1cccnc1)c1cc(F)ccc1C(F)(F)F. The predicted molar refractivity (Wildman–Crippen MR) is 71.1 cm³/mol. The molecule has 0 fully saturated rings. The highest BCUT2D eigenvalue weighted by Crippen LogP contribution is 2.35. The third kappa shape index (κ3) is 3.78. The van der Waals surface area contributed by atoms with Crippen molar-refractivity contribution in [3.63, 3.8) is 0 Å². The van der Waals surface area contributed by atoms with Crippen LogP contribution in [0, 0.1) is 5.82 Å². The lowest BCUT2D eigenvalue weighted by molar-refractivity contribution is -0.138. The molecular weight excluding hydrogens is 284 g/mol. The zero-order valence-electron chi connectivity index (χ0n) is 11.3. The molecule has 1 atom stereocenters. The van der Waals surface area contributed by atoms with Crippen molar-refractivity contribution in [1.29, 1.82) is 0 Å². The Labute approximate surface area is 119 Å². The molecule has 1 unspecified atom stereocenters. The van der Waals surface area contributed by atoms with Crippen molar-refractivity contribution in [3.8, 4) is 0 Å². The Morgan fingerprint density at radius 2 is 2.00 bits per heavy atom. The lowest BCUT2D eigenvalue weighted by Crippen LogP contribution is -2.23. The zero-order valence-corrected chi connectivity index (χ0v) is 11.3. The standard InChI is InChI=1S/C15H14F4N2/c1-20-14(7-10-3-2-6-21-9-10)12-8-11(16)4-5-13(12)15(17,18)19/h2-6,8-9,14,20H,7H2,1H3. The van der Waals surface area contributed by atoms with Crippen molar-refractivity contribution >= 4 is 0 Å². The van der Waals surface area contributed by atoms with E-state index in [0.717, 1.165) is 23.8 Å².